The van der Waals surface area contributed by atoms with Crippen molar-refractivity contribution in [2.45, 2.75) is 31.8 Å². The number of carbonyl (C=O) groups is 1. The van der Waals surface area contributed by atoms with Gasteiger partial charge in [0.05, 0.1) is 19.4 Å². The van der Waals surface area contributed by atoms with Crippen LogP contribution in [0.2, 0.25) is 0 Å². The molecular weight excluding hydrogens is 368 g/mol. The first-order valence-corrected chi connectivity index (χ1v) is 10.0. The Labute approximate surface area is 169 Å². The molecule has 1 fully saturated rings. The Balaban J connectivity index is 1.38. The molecule has 2 aliphatic heterocycles. The van der Waals surface area contributed by atoms with Gasteiger partial charge in [-0.05, 0) is 49.9 Å². The predicted octanol–water partition coefficient (Wildman–Crippen LogP) is 2.98. The highest BCUT2D eigenvalue weighted by atomic mass is 16.5. The normalized spacial score (nSPS) is 18.1. The van der Waals surface area contributed by atoms with Gasteiger partial charge in [0.1, 0.15) is 22.9 Å². The number of nitrogens with one attached hydrogen (secondary N) is 1. The fourth-order valence-electron chi connectivity index (χ4n) is 4.54. The molecule has 0 saturated carbocycles. The number of aryl methyl sites for hydroxylation is 1. The minimum absolute atomic E-state index is 0.00741. The number of aromatic amines is 1. The standard InChI is InChI=1S/C22H24N4O3/c1-14-23-13-15-6-11-29-22(20(15)24-14)7-9-26(10-8-22)21(27)18-12-16-17(25-18)4-3-5-19(16)28-2/h3-5,12-13,25H,6-11H2,1-2H3. The number of carbonyl (C=O) groups excluding carboxylic acids is 1. The van der Waals surface area contributed by atoms with Crippen molar-refractivity contribution >= 4 is 16.8 Å². The molecule has 7 heteroatoms. The lowest BCUT2D eigenvalue weighted by atomic mass is 9.83. The summed E-state index contributed by atoms with van der Waals surface area (Å²) in [6, 6.07) is 7.65. The predicted molar refractivity (Wildman–Crippen MR) is 108 cm³/mol. The Hall–Kier alpha value is -2.93. The van der Waals surface area contributed by atoms with Gasteiger partial charge in [0.2, 0.25) is 0 Å². The van der Waals surface area contributed by atoms with Crippen LogP contribution in [-0.2, 0) is 16.8 Å². The third-order valence-electron chi connectivity index (χ3n) is 6.10. The molecule has 29 heavy (non-hydrogen) atoms. The minimum Gasteiger partial charge on any atom is -0.496 e. The van der Waals surface area contributed by atoms with E-state index in [1.807, 2.05) is 42.3 Å². The summed E-state index contributed by atoms with van der Waals surface area (Å²) in [6.45, 7) is 3.85. The number of nitrogens with zero attached hydrogens (tertiary/aromatic N) is 3. The molecule has 5 rings (SSSR count). The number of fused-ring (bicyclic) bond motifs is 3. The molecule has 1 N–H and O–H groups in total. The van der Waals surface area contributed by atoms with Crippen molar-refractivity contribution in [1.29, 1.82) is 0 Å². The lowest BCUT2D eigenvalue weighted by molar-refractivity contribution is -0.0969. The molecule has 3 aromatic rings. The Morgan fingerprint density at radius 1 is 1.31 bits per heavy atom. The molecule has 150 valence electrons. The first-order chi connectivity index (χ1) is 14.1. The van der Waals surface area contributed by atoms with E-state index < -0.39 is 5.60 Å². The van der Waals surface area contributed by atoms with Crippen LogP contribution in [0.5, 0.6) is 5.75 Å². The Morgan fingerprint density at radius 2 is 2.14 bits per heavy atom. The highest BCUT2D eigenvalue weighted by Crippen LogP contribution is 2.40. The molecule has 0 atom stereocenters. The fraction of sp³-hybridized carbons (Fsp3) is 0.409. The van der Waals surface area contributed by atoms with Gasteiger partial charge in [0.15, 0.2) is 0 Å². The summed E-state index contributed by atoms with van der Waals surface area (Å²) in [5.41, 5.74) is 3.27. The summed E-state index contributed by atoms with van der Waals surface area (Å²) in [5, 5.41) is 0.920. The summed E-state index contributed by atoms with van der Waals surface area (Å²) in [6.07, 6.45) is 4.26. The van der Waals surface area contributed by atoms with Gasteiger partial charge in [-0.2, -0.15) is 0 Å². The maximum Gasteiger partial charge on any atom is 0.270 e. The molecule has 1 amide bonds. The molecule has 0 aliphatic carbocycles. The van der Waals surface area contributed by atoms with Gasteiger partial charge in [-0.3, -0.25) is 4.79 Å². The number of H-pyrrole nitrogens is 1. The molecule has 7 nitrogen and oxygen atoms in total. The van der Waals surface area contributed by atoms with Crippen molar-refractivity contribution in [3.63, 3.8) is 0 Å². The molecule has 2 aliphatic rings. The molecule has 0 bridgehead atoms. The zero-order valence-corrected chi connectivity index (χ0v) is 16.7. The molecule has 4 heterocycles. The average Bonchev–Trinajstić information content (AvgIpc) is 3.19. The third kappa shape index (κ3) is 2.97. The van der Waals surface area contributed by atoms with E-state index in [0.29, 0.717) is 25.4 Å². The van der Waals surface area contributed by atoms with Crippen molar-refractivity contribution in [1.82, 2.24) is 19.9 Å². The quantitative estimate of drug-likeness (QED) is 0.725. The number of hydrogen-bond donors (Lipinski definition) is 1. The average molecular weight is 392 g/mol. The van der Waals surface area contributed by atoms with E-state index in [9.17, 15) is 4.79 Å². The van der Waals surface area contributed by atoms with Crippen LogP contribution in [0.25, 0.3) is 10.9 Å². The molecular formula is C22H24N4O3. The number of aromatic nitrogens is 3. The van der Waals surface area contributed by atoms with Gasteiger partial charge >= 0.3 is 0 Å². The summed E-state index contributed by atoms with van der Waals surface area (Å²) in [7, 11) is 1.64. The second-order valence-electron chi connectivity index (χ2n) is 7.78. The highest BCUT2D eigenvalue weighted by molar-refractivity contribution is 5.99. The topological polar surface area (TPSA) is 80.3 Å². The van der Waals surface area contributed by atoms with Crippen molar-refractivity contribution in [3.8, 4) is 5.75 Å². The molecule has 0 radical (unpaired) electrons. The van der Waals surface area contributed by atoms with E-state index in [0.717, 1.165) is 47.4 Å². The van der Waals surface area contributed by atoms with Crippen LogP contribution in [0.15, 0.2) is 30.5 Å². The number of amides is 1. The van der Waals surface area contributed by atoms with Gasteiger partial charge in [0, 0.05) is 30.2 Å². The SMILES string of the molecule is COc1cccc2[nH]c(C(=O)N3CCC4(CC3)OCCc3cnc(C)nc34)cc12. The summed E-state index contributed by atoms with van der Waals surface area (Å²) in [4.78, 5) is 27.3. The van der Waals surface area contributed by atoms with Crippen molar-refractivity contribution in [2.75, 3.05) is 26.8 Å². The Bertz CT molecular complexity index is 1080. The van der Waals surface area contributed by atoms with Crippen LogP contribution in [0, 0.1) is 6.92 Å². The van der Waals surface area contributed by atoms with E-state index in [1.165, 1.54) is 5.56 Å². The van der Waals surface area contributed by atoms with Crippen LogP contribution >= 0.6 is 0 Å². The summed E-state index contributed by atoms with van der Waals surface area (Å²) < 4.78 is 11.7. The largest absolute Gasteiger partial charge is 0.496 e. The van der Waals surface area contributed by atoms with E-state index in [4.69, 9.17) is 14.5 Å². The van der Waals surface area contributed by atoms with Gasteiger partial charge in [-0.25, -0.2) is 9.97 Å². The lowest BCUT2D eigenvalue weighted by Gasteiger charge is -2.44. The van der Waals surface area contributed by atoms with E-state index >= 15 is 0 Å². The zero-order chi connectivity index (χ0) is 20.0. The first kappa shape index (κ1) is 18.1. The van der Waals surface area contributed by atoms with Crippen LogP contribution in [-0.4, -0.2) is 52.6 Å². The molecule has 1 saturated heterocycles. The second kappa shape index (κ2) is 6.84. The lowest BCUT2D eigenvalue weighted by Crippen LogP contribution is -2.49. The van der Waals surface area contributed by atoms with Crippen LogP contribution < -0.4 is 4.74 Å². The number of ether oxygens (including phenoxy) is 2. The number of hydrogen-bond acceptors (Lipinski definition) is 5. The fourth-order valence-corrected chi connectivity index (χ4v) is 4.54. The number of methoxy groups -OCH3 is 1. The monoisotopic (exact) mass is 392 g/mol. The molecule has 0 unspecified atom stereocenters. The Morgan fingerprint density at radius 3 is 2.93 bits per heavy atom. The molecule has 1 aromatic carbocycles. The van der Waals surface area contributed by atoms with Gasteiger partial charge in [-0.15, -0.1) is 0 Å². The number of likely N-dealkylation sites (tertiary alicyclic amines) is 1. The number of piperidine rings is 1. The number of benzene rings is 1. The van der Waals surface area contributed by atoms with Crippen LogP contribution in [0.4, 0.5) is 0 Å². The van der Waals surface area contributed by atoms with Gasteiger partial charge < -0.3 is 19.4 Å². The van der Waals surface area contributed by atoms with Gasteiger partial charge in [-0.1, -0.05) is 6.07 Å². The first-order valence-electron chi connectivity index (χ1n) is 10.0. The minimum atomic E-state index is -0.401. The van der Waals surface area contributed by atoms with Crippen LogP contribution in [0.3, 0.4) is 0 Å². The molecule has 1 spiro atoms. The van der Waals surface area contributed by atoms with Crippen LogP contribution in [0.1, 0.15) is 40.4 Å². The highest BCUT2D eigenvalue weighted by Gasteiger charge is 2.43. The maximum absolute atomic E-state index is 13.1. The van der Waals surface area contributed by atoms with E-state index in [2.05, 4.69) is 9.97 Å². The van der Waals surface area contributed by atoms with E-state index in [1.54, 1.807) is 7.11 Å². The van der Waals surface area contributed by atoms with E-state index in [-0.39, 0.29) is 5.91 Å². The third-order valence-corrected chi connectivity index (χ3v) is 6.10. The number of rotatable bonds is 2. The maximum atomic E-state index is 13.1. The Kier molecular flexibility index (Phi) is 4.28. The summed E-state index contributed by atoms with van der Waals surface area (Å²) in [5.74, 6) is 1.53. The zero-order valence-electron chi connectivity index (χ0n) is 16.7. The smallest absolute Gasteiger partial charge is 0.270 e. The van der Waals surface area contributed by atoms with Crippen molar-refractivity contribution < 1.29 is 14.3 Å². The van der Waals surface area contributed by atoms with Gasteiger partial charge in [0.25, 0.3) is 5.91 Å². The second-order valence-corrected chi connectivity index (χ2v) is 7.78. The van der Waals surface area contributed by atoms with Crippen molar-refractivity contribution in [3.05, 3.63) is 53.2 Å². The molecule has 2 aromatic heterocycles. The van der Waals surface area contributed by atoms with Crippen molar-refractivity contribution in [2.24, 2.45) is 0 Å². The summed E-state index contributed by atoms with van der Waals surface area (Å²) >= 11 is 0.